The van der Waals surface area contributed by atoms with Gasteiger partial charge >= 0.3 is 0 Å². The van der Waals surface area contributed by atoms with Crippen LogP contribution in [0.2, 0.25) is 0 Å². The van der Waals surface area contributed by atoms with E-state index in [1.807, 2.05) is 39.9 Å². The van der Waals surface area contributed by atoms with Crippen LogP contribution in [0.5, 0.6) is 17.2 Å². The fraction of sp³-hybridized carbons (Fsp3) is 0.321. The molecule has 0 bridgehead atoms. The van der Waals surface area contributed by atoms with Crippen LogP contribution in [0, 0.1) is 0 Å². The van der Waals surface area contributed by atoms with Crippen LogP contribution in [-0.2, 0) is 16.0 Å². The lowest BCUT2D eigenvalue weighted by Gasteiger charge is -2.26. The van der Waals surface area contributed by atoms with Crippen molar-refractivity contribution in [2.24, 2.45) is 0 Å². The van der Waals surface area contributed by atoms with Gasteiger partial charge in [0.25, 0.3) is 0 Å². The molecule has 1 aliphatic rings. The van der Waals surface area contributed by atoms with Crippen molar-refractivity contribution in [3.8, 4) is 22.9 Å². The zero-order valence-electron chi connectivity index (χ0n) is 21.8. The molecule has 2 aromatic carbocycles. The van der Waals surface area contributed by atoms with Gasteiger partial charge in [-0.3, -0.25) is 4.79 Å². The van der Waals surface area contributed by atoms with Crippen molar-refractivity contribution in [1.82, 2.24) is 19.4 Å². The lowest BCUT2D eigenvalue weighted by atomic mass is 10.1. The highest BCUT2D eigenvalue weighted by molar-refractivity contribution is 5.79. The number of nitrogens with zero attached hydrogens (tertiary/aromatic N) is 4. The van der Waals surface area contributed by atoms with Crippen molar-refractivity contribution >= 4 is 28.6 Å². The monoisotopic (exact) mass is 517 g/mol. The van der Waals surface area contributed by atoms with Gasteiger partial charge in [-0.05, 0) is 30.2 Å². The van der Waals surface area contributed by atoms with E-state index >= 15 is 0 Å². The first-order valence-electron chi connectivity index (χ1n) is 12.5. The standard InChI is InChI=1S/C28H31N5O5/c1-35-23-16-21(17-24(36-2)26(23)37-3)30-28-29-18-20-9-10-33(27(20)31-28)22-6-4-5-19(15-22)7-8-25(34)32-11-13-38-14-12-32/h4-6,9-10,15-18H,7-8,11-14H2,1-3H3,(H,29,30,31). The highest BCUT2D eigenvalue weighted by Crippen LogP contribution is 2.40. The lowest BCUT2D eigenvalue weighted by Crippen LogP contribution is -2.40. The smallest absolute Gasteiger partial charge is 0.229 e. The summed E-state index contributed by atoms with van der Waals surface area (Å²) in [5.41, 5.74) is 3.52. The molecule has 0 spiro atoms. The van der Waals surface area contributed by atoms with Crippen molar-refractivity contribution in [3.05, 3.63) is 60.4 Å². The van der Waals surface area contributed by atoms with E-state index in [0.29, 0.717) is 68.0 Å². The van der Waals surface area contributed by atoms with Crippen LogP contribution in [0.1, 0.15) is 12.0 Å². The van der Waals surface area contributed by atoms with Gasteiger partial charge in [-0.15, -0.1) is 0 Å². The molecule has 1 amide bonds. The van der Waals surface area contributed by atoms with Gasteiger partial charge in [0.05, 0.1) is 34.5 Å². The molecule has 2 aromatic heterocycles. The highest BCUT2D eigenvalue weighted by atomic mass is 16.5. The molecule has 0 atom stereocenters. The average molecular weight is 518 g/mol. The lowest BCUT2D eigenvalue weighted by molar-refractivity contribution is -0.135. The SMILES string of the molecule is COc1cc(Nc2ncc3ccn(-c4cccc(CCC(=O)N5CCOCC5)c4)c3n2)cc(OC)c1OC. The Morgan fingerprint density at radius 3 is 2.50 bits per heavy atom. The van der Waals surface area contributed by atoms with E-state index in [4.69, 9.17) is 23.9 Å². The summed E-state index contributed by atoms with van der Waals surface area (Å²) in [5.74, 6) is 2.17. The molecular formula is C28H31N5O5. The minimum atomic E-state index is 0.167. The average Bonchev–Trinajstić information content (AvgIpc) is 3.39. The second-order valence-corrected chi connectivity index (χ2v) is 8.86. The molecule has 0 aliphatic carbocycles. The van der Waals surface area contributed by atoms with E-state index in [1.165, 1.54) is 0 Å². The number of fused-ring (bicyclic) bond motifs is 1. The molecule has 1 N–H and O–H groups in total. The number of morpholine rings is 1. The topological polar surface area (TPSA) is 100.0 Å². The summed E-state index contributed by atoms with van der Waals surface area (Å²) in [4.78, 5) is 23.7. The molecule has 1 aliphatic heterocycles. The van der Waals surface area contributed by atoms with Gasteiger partial charge in [0, 0.05) is 60.8 Å². The van der Waals surface area contributed by atoms with Crippen LogP contribution >= 0.6 is 0 Å². The van der Waals surface area contributed by atoms with Crippen LogP contribution in [0.25, 0.3) is 16.7 Å². The second-order valence-electron chi connectivity index (χ2n) is 8.86. The second kappa shape index (κ2) is 11.4. The number of ether oxygens (including phenoxy) is 4. The Morgan fingerprint density at radius 2 is 1.79 bits per heavy atom. The Balaban J connectivity index is 1.36. The molecule has 5 rings (SSSR count). The Hall–Kier alpha value is -4.31. The number of rotatable bonds is 9. The number of methoxy groups -OCH3 is 3. The van der Waals surface area contributed by atoms with Gasteiger partial charge in [-0.1, -0.05) is 12.1 Å². The van der Waals surface area contributed by atoms with Crippen molar-refractivity contribution in [3.63, 3.8) is 0 Å². The number of carbonyl (C=O) groups excluding carboxylic acids is 1. The zero-order valence-corrected chi connectivity index (χ0v) is 21.8. The summed E-state index contributed by atoms with van der Waals surface area (Å²) in [7, 11) is 4.71. The van der Waals surface area contributed by atoms with Crippen molar-refractivity contribution in [2.45, 2.75) is 12.8 Å². The van der Waals surface area contributed by atoms with E-state index in [1.54, 1.807) is 39.7 Å². The first kappa shape index (κ1) is 25.3. The van der Waals surface area contributed by atoms with Crippen molar-refractivity contribution in [2.75, 3.05) is 52.9 Å². The van der Waals surface area contributed by atoms with Crippen LogP contribution in [-0.4, -0.2) is 73.0 Å². The number of hydrogen-bond donors (Lipinski definition) is 1. The quantitative estimate of drug-likeness (QED) is 0.356. The molecule has 3 heterocycles. The number of carbonyl (C=O) groups is 1. The molecular weight excluding hydrogens is 486 g/mol. The maximum Gasteiger partial charge on any atom is 0.229 e. The third-order valence-corrected chi connectivity index (χ3v) is 6.53. The highest BCUT2D eigenvalue weighted by Gasteiger charge is 2.17. The first-order chi connectivity index (χ1) is 18.6. The molecule has 10 heteroatoms. The third kappa shape index (κ3) is 5.35. The molecule has 198 valence electrons. The van der Waals surface area contributed by atoms with Gasteiger partial charge < -0.3 is 33.7 Å². The van der Waals surface area contributed by atoms with E-state index in [0.717, 1.165) is 22.3 Å². The predicted molar refractivity (Wildman–Crippen MR) is 144 cm³/mol. The Morgan fingerprint density at radius 1 is 1.03 bits per heavy atom. The summed E-state index contributed by atoms with van der Waals surface area (Å²) < 4.78 is 23.7. The molecule has 10 nitrogen and oxygen atoms in total. The molecule has 4 aromatic rings. The maximum absolute atomic E-state index is 12.6. The largest absolute Gasteiger partial charge is 0.493 e. The molecule has 38 heavy (non-hydrogen) atoms. The van der Waals surface area contributed by atoms with E-state index in [2.05, 4.69) is 16.4 Å². The van der Waals surface area contributed by atoms with E-state index < -0.39 is 0 Å². The normalized spacial score (nSPS) is 13.4. The third-order valence-electron chi connectivity index (χ3n) is 6.53. The summed E-state index contributed by atoms with van der Waals surface area (Å²) in [5, 5.41) is 4.15. The molecule has 0 radical (unpaired) electrons. The van der Waals surface area contributed by atoms with Crippen molar-refractivity contribution in [1.29, 1.82) is 0 Å². The Kier molecular flexibility index (Phi) is 7.60. The van der Waals surface area contributed by atoms with E-state index in [9.17, 15) is 4.79 Å². The first-order valence-corrected chi connectivity index (χ1v) is 12.5. The number of aryl methyl sites for hydroxylation is 1. The van der Waals surface area contributed by atoms with Gasteiger partial charge in [0.2, 0.25) is 17.6 Å². The molecule has 0 unspecified atom stereocenters. The Bertz CT molecular complexity index is 1410. The number of amides is 1. The van der Waals surface area contributed by atoms with Gasteiger partial charge in [-0.25, -0.2) is 4.98 Å². The number of anilines is 2. The fourth-order valence-electron chi connectivity index (χ4n) is 4.55. The van der Waals surface area contributed by atoms with Crippen LogP contribution in [0.15, 0.2) is 54.9 Å². The number of hydrogen-bond acceptors (Lipinski definition) is 8. The van der Waals surface area contributed by atoms with Gasteiger partial charge in [0.1, 0.15) is 5.65 Å². The fourth-order valence-corrected chi connectivity index (χ4v) is 4.55. The van der Waals surface area contributed by atoms with Crippen LogP contribution in [0.3, 0.4) is 0 Å². The van der Waals surface area contributed by atoms with Crippen LogP contribution < -0.4 is 19.5 Å². The minimum absolute atomic E-state index is 0.167. The summed E-state index contributed by atoms with van der Waals surface area (Å²) in [6, 6.07) is 13.8. The number of aromatic nitrogens is 3. The molecule has 0 saturated carbocycles. The molecule has 1 fully saturated rings. The minimum Gasteiger partial charge on any atom is -0.493 e. The van der Waals surface area contributed by atoms with Crippen LogP contribution in [0.4, 0.5) is 11.6 Å². The summed E-state index contributed by atoms with van der Waals surface area (Å²) >= 11 is 0. The molecule has 1 saturated heterocycles. The van der Waals surface area contributed by atoms with Gasteiger partial charge in [-0.2, -0.15) is 4.98 Å². The predicted octanol–water partition coefficient (Wildman–Crippen LogP) is 3.98. The summed E-state index contributed by atoms with van der Waals surface area (Å²) in [6.45, 7) is 2.56. The number of nitrogens with one attached hydrogen (secondary N) is 1. The van der Waals surface area contributed by atoms with Gasteiger partial charge in [0.15, 0.2) is 11.5 Å². The summed E-state index contributed by atoms with van der Waals surface area (Å²) in [6.07, 6.45) is 4.90. The Labute approximate surface area is 221 Å². The van der Waals surface area contributed by atoms with Crippen molar-refractivity contribution < 1.29 is 23.7 Å². The van der Waals surface area contributed by atoms with E-state index in [-0.39, 0.29) is 5.91 Å². The zero-order chi connectivity index (χ0) is 26.5. The number of benzene rings is 2. The maximum atomic E-state index is 12.6.